The number of aromatic carboxylic acids is 1. The van der Waals surface area contributed by atoms with E-state index in [1.165, 1.54) is 17.5 Å². The highest BCUT2D eigenvalue weighted by Gasteiger charge is 2.13. The van der Waals surface area contributed by atoms with Crippen molar-refractivity contribution < 1.29 is 9.90 Å². The first-order valence-electron chi connectivity index (χ1n) is 3.91. The highest BCUT2D eigenvalue weighted by Crippen LogP contribution is 2.17. The maximum Gasteiger partial charge on any atom is 0.341 e. The number of pyridine rings is 1. The van der Waals surface area contributed by atoms with E-state index in [1.54, 1.807) is 23.1 Å². The molecule has 72 valence electrons. The van der Waals surface area contributed by atoms with E-state index in [4.69, 9.17) is 5.11 Å². The maximum atomic E-state index is 11.6. The lowest BCUT2D eigenvalue weighted by molar-refractivity contribution is 0.0695. The minimum atomic E-state index is -1.18. The molecule has 0 spiro atoms. The minimum absolute atomic E-state index is 0.182. The Balaban J connectivity index is 2.96. The molecule has 0 fully saturated rings. The molecule has 0 atom stereocenters. The molecule has 0 unspecified atom stereocenters. The summed E-state index contributed by atoms with van der Waals surface area (Å²) in [6.45, 7) is 0. The van der Waals surface area contributed by atoms with E-state index in [2.05, 4.69) is 0 Å². The Kier molecular flexibility index (Phi) is 1.89. The number of carboxylic acid groups (broad SMARTS) is 1. The predicted octanol–water partition coefficient (Wildman–Crippen LogP) is 1.30. The lowest BCUT2D eigenvalue weighted by Gasteiger charge is -2.01. The number of aryl methyl sites for hydroxylation is 1. The maximum absolute atomic E-state index is 11.6. The van der Waals surface area contributed by atoms with Gasteiger partial charge in [0.1, 0.15) is 10.4 Å². The molecule has 0 aliphatic carbocycles. The molecule has 0 radical (unpaired) electrons. The Morgan fingerprint density at radius 3 is 2.93 bits per heavy atom. The van der Waals surface area contributed by atoms with Crippen molar-refractivity contribution in [3.63, 3.8) is 0 Å². The molecule has 2 heterocycles. The van der Waals surface area contributed by atoms with Crippen LogP contribution in [0.5, 0.6) is 0 Å². The van der Waals surface area contributed by atoms with E-state index in [0.29, 0.717) is 5.39 Å². The minimum Gasteiger partial charge on any atom is -0.477 e. The first kappa shape index (κ1) is 8.96. The van der Waals surface area contributed by atoms with E-state index in [-0.39, 0.29) is 5.56 Å². The van der Waals surface area contributed by atoms with Crippen LogP contribution in [0.3, 0.4) is 0 Å². The summed E-state index contributed by atoms with van der Waals surface area (Å²) in [7, 11) is 1.73. The van der Waals surface area contributed by atoms with Gasteiger partial charge in [0.2, 0.25) is 5.43 Å². The standard InChI is InChI=1S/C9H7NO3S/c1-10-4-6(9(12)13)7(11)5-2-3-14-8(5)10/h2-4H,1H3,(H,12,13). The lowest BCUT2D eigenvalue weighted by Crippen LogP contribution is -2.16. The van der Waals surface area contributed by atoms with Crippen molar-refractivity contribution in [2.45, 2.75) is 0 Å². The summed E-state index contributed by atoms with van der Waals surface area (Å²) in [6, 6.07) is 1.65. The molecule has 2 aromatic heterocycles. The van der Waals surface area contributed by atoms with Crippen LogP contribution < -0.4 is 5.43 Å². The monoisotopic (exact) mass is 209 g/mol. The highest BCUT2D eigenvalue weighted by molar-refractivity contribution is 7.16. The number of carbonyl (C=O) groups is 1. The number of hydrogen-bond acceptors (Lipinski definition) is 3. The number of hydrogen-bond donors (Lipinski definition) is 1. The lowest BCUT2D eigenvalue weighted by atomic mass is 10.2. The number of nitrogens with zero attached hydrogens (tertiary/aromatic N) is 1. The van der Waals surface area contributed by atoms with Crippen LogP contribution in [0.25, 0.3) is 10.2 Å². The third kappa shape index (κ3) is 1.13. The summed E-state index contributed by atoms with van der Waals surface area (Å²) in [4.78, 5) is 23.1. The van der Waals surface area contributed by atoms with Gasteiger partial charge in [-0.15, -0.1) is 11.3 Å². The number of carboxylic acids is 1. The molecule has 0 bridgehead atoms. The second-order valence-corrected chi connectivity index (χ2v) is 3.82. The summed E-state index contributed by atoms with van der Waals surface area (Å²) >= 11 is 1.42. The summed E-state index contributed by atoms with van der Waals surface area (Å²) in [5.41, 5.74) is -0.592. The molecule has 5 heteroatoms. The fourth-order valence-corrected chi connectivity index (χ4v) is 2.20. The van der Waals surface area contributed by atoms with Crippen LogP contribution in [-0.4, -0.2) is 15.6 Å². The normalized spacial score (nSPS) is 10.6. The zero-order chi connectivity index (χ0) is 10.3. The van der Waals surface area contributed by atoms with Crippen LogP contribution in [0.4, 0.5) is 0 Å². The Bertz CT molecular complexity index is 567. The Labute approximate surface area is 83.0 Å². The van der Waals surface area contributed by atoms with Crippen molar-refractivity contribution in [3.05, 3.63) is 33.4 Å². The van der Waals surface area contributed by atoms with Crippen LogP contribution >= 0.6 is 11.3 Å². The van der Waals surface area contributed by atoms with E-state index in [0.717, 1.165) is 4.83 Å². The molecule has 0 aliphatic heterocycles. The van der Waals surface area contributed by atoms with Crippen molar-refractivity contribution in [2.24, 2.45) is 7.05 Å². The molecule has 14 heavy (non-hydrogen) atoms. The molecular weight excluding hydrogens is 202 g/mol. The summed E-state index contributed by atoms with van der Waals surface area (Å²) in [5.74, 6) is -1.18. The Morgan fingerprint density at radius 1 is 1.57 bits per heavy atom. The summed E-state index contributed by atoms with van der Waals surface area (Å²) in [6.07, 6.45) is 1.35. The van der Waals surface area contributed by atoms with Crippen LogP contribution in [-0.2, 0) is 7.05 Å². The van der Waals surface area contributed by atoms with Gasteiger partial charge < -0.3 is 9.67 Å². The smallest absolute Gasteiger partial charge is 0.341 e. The van der Waals surface area contributed by atoms with Crippen LogP contribution in [0.1, 0.15) is 10.4 Å². The number of aromatic nitrogens is 1. The molecule has 0 saturated carbocycles. The average Bonchev–Trinajstić information content (AvgIpc) is 2.59. The van der Waals surface area contributed by atoms with Crippen molar-refractivity contribution >= 4 is 27.5 Å². The second-order valence-electron chi connectivity index (χ2n) is 2.93. The third-order valence-electron chi connectivity index (χ3n) is 2.01. The van der Waals surface area contributed by atoms with Gasteiger partial charge in [-0.25, -0.2) is 4.79 Å². The van der Waals surface area contributed by atoms with Crippen molar-refractivity contribution in [3.8, 4) is 0 Å². The van der Waals surface area contributed by atoms with Crippen molar-refractivity contribution in [1.29, 1.82) is 0 Å². The van der Waals surface area contributed by atoms with Crippen molar-refractivity contribution in [1.82, 2.24) is 4.57 Å². The summed E-state index contributed by atoms with van der Waals surface area (Å²) in [5, 5.41) is 11.0. The number of rotatable bonds is 1. The molecule has 0 aliphatic rings. The number of fused-ring (bicyclic) bond motifs is 1. The summed E-state index contributed by atoms with van der Waals surface area (Å²) < 4.78 is 1.66. The molecule has 2 rings (SSSR count). The van der Waals surface area contributed by atoms with Crippen LogP contribution in [0.2, 0.25) is 0 Å². The van der Waals surface area contributed by atoms with E-state index >= 15 is 0 Å². The van der Waals surface area contributed by atoms with Gasteiger partial charge >= 0.3 is 5.97 Å². The van der Waals surface area contributed by atoms with Gasteiger partial charge in [-0.1, -0.05) is 0 Å². The predicted molar refractivity (Wildman–Crippen MR) is 54.0 cm³/mol. The van der Waals surface area contributed by atoms with Crippen LogP contribution in [0.15, 0.2) is 22.4 Å². The molecule has 1 N–H and O–H groups in total. The van der Waals surface area contributed by atoms with Gasteiger partial charge in [-0.3, -0.25) is 4.79 Å². The largest absolute Gasteiger partial charge is 0.477 e. The quantitative estimate of drug-likeness (QED) is 0.770. The van der Waals surface area contributed by atoms with Gasteiger partial charge in [0, 0.05) is 13.2 Å². The molecular formula is C9H7NO3S. The molecule has 2 aromatic rings. The van der Waals surface area contributed by atoms with Gasteiger partial charge in [0.25, 0.3) is 0 Å². The molecule has 4 nitrogen and oxygen atoms in total. The van der Waals surface area contributed by atoms with E-state index < -0.39 is 11.4 Å². The Morgan fingerprint density at radius 2 is 2.29 bits per heavy atom. The van der Waals surface area contributed by atoms with Gasteiger partial charge in [0.15, 0.2) is 0 Å². The molecule has 0 saturated heterocycles. The first-order chi connectivity index (χ1) is 6.61. The SMILES string of the molecule is Cn1cc(C(=O)O)c(=O)c2ccsc21. The highest BCUT2D eigenvalue weighted by atomic mass is 32.1. The van der Waals surface area contributed by atoms with Gasteiger partial charge in [0.05, 0.1) is 5.39 Å². The van der Waals surface area contributed by atoms with Gasteiger partial charge in [-0.05, 0) is 11.4 Å². The Hall–Kier alpha value is -1.62. The number of thiophene rings is 1. The molecule has 0 amide bonds. The van der Waals surface area contributed by atoms with Gasteiger partial charge in [-0.2, -0.15) is 0 Å². The zero-order valence-electron chi connectivity index (χ0n) is 7.35. The van der Waals surface area contributed by atoms with Crippen molar-refractivity contribution in [2.75, 3.05) is 0 Å². The fraction of sp³-hybridized carbons (Fsp3) is 0.111. The van der Waals surface area contributed by atoms with E-state index in [1.807, 2.05) is 0 Å². The topological polar surface area (TPSA) is 59.3 Å². The third-order valence-corrected chi connectivity index (χ3v) is 3.01. The van der Waals surface area contributed by atoms with E-state index in [9.17, 15) is 9.59 Å². The van der Waals surface area contributed by atoms with Crippen LogP contribution in [0, 0.1) is 0 Å². The second kappa shape index (κ2) is 2.95. The zero-order valence-corrected chi connectivity index (χ0v) is 8.17. The average molecular weight is 209 g/mol. The fourth-order valence-electron chi connectivity index (χ4n) is 1.36. The molecule has 0 aromatic carbocycles. The first-order valence-corrected chi connectivity index (χ1v) is 4.79.